The molecule has 3 aromatic rings. The van der Waals surface area contributed by atoms with Crippen molar-refractivity contribution in [3.05, 3.63) is 52.3 Å². The highest BCUT2D eigenvalue weighted by Gasteiger charge is 2.05. The van der Waals surface area contributed by atoms with Crippen LogP contribution >= 0.6 is 11.3 Å². The summed E-state index contributed by atoms with van der Waals surface area (Å²) in [6, 6.07) is 10.0. The van der Waals surface area contributed by atoms with Gasteiger partial charge in [-0.05, 0) is 36.1 Å². The molecular formula is C15H15N3S. The molecule has 0 aliphatic heterocycles. The largest absolute Gasteiger partial charge is 0.397 e. The van der Waals surface area contributed by atoms with Gasteiger partial charge in [-0.15, -0.1) is 11.3 Å². The number of pyridine rings is 1. The van der Waals surface area contributed by atoms with Gasteiger partial charge >= 0.3 is 0 Å². The molecule has 0 radical (unpaired) electrons. The number of nitrogens with two attached hydrogens (primary N) is 1. The average Bonchev–Trinajstić information content (AvgIpc) is 2.82. The van der Waals surface area contributed by atoms with Crippen LogP contribution in [0.15, 0.2) is 41.9 Å². The molecule has 0 saturated carbocycles. The zero-order valence-electron chi connectivity index (χ0n) is 10.7. The summed E-state index contributed by atoms with van der Waals surface area (Å²) >= 11 is 1.77. The maximum Gasteiger partial charge on any atom is 0.0951 e. The van der Waals surface area contributed by atoms with Crippen molar-refractivity contribution in [2.24, 2.45) is 0 Å². The van der Waals surface area contributed by atoms with Crippen molar-refractivity contribution in [3.8, 4) is 0 Å². The molecule has 0 atom stereocenters. The van der Waals surface area contributed by atoms with Gasteiger partial charge in [-0.1, -0.05) is 12.1 Å². The second-order valence-electron chi connectivity index (χ2n) is 4.48. The second-order valence-corrected chi connectivity index (χ2v) is 5.48. The molecule has 0 fully saturated rings. The summed E-state index contributed by atoms with van der Waals surface area (Å²) in [5.41, 5.74) is 9.93. The normalized spacial score (nSPS) is 10.8. The topological polar surface area (TPSA) is 50.9 Å². The minimum atomic E-state index is 0.716. The lowest BCUT2D eigenvalue weighted by Crippen LogP contribution is -2.00. The third kappa shape index (κ3) is 2.27. The van der Waals surface area contributed by atoms with Gasteiger partial charge in [0.1, 0.15) is 0 Å². The Labute approximate surface area is 116 Å². The van der Waals surface area contributed by atoms with E-state index in [0.29, 0.717) is 5.69 Å². The van der Waals surface area contributed by atoms with E-state index < -0.39 is 0 Å². The third-order valence-electron chi connectivity index (χ3n) is 3.21. The molecule has 0 bridgehead atoms. The van der Waals surface area contributed by atoms with E-state index in [0.717, 1.165) is 23.1 Å². The monoisotopic (exact) mass is 269 g/mol. The van der Waals surface area contributed by atoms with Crippen LogP contribution in [0.5, 0.6) is 0 Å². The molecule has 2 aromatic heterocycles. The van der Waals surface area contributed by atoms with Crippen molar-refractivity contribution in [2.45, 2.75) is 13.5 Å². The first kappa shape index (κ1) is 12.0. The number of para-hydroxylation sites is 1. The van der Waals surface area contributed by atoms with Crippen molar-refractivity contribution in [1.82, 2.24) is 4.98 Å². The molecule has 0 aliphatic rings. The lowest BCUT2D eigenvalue weighted by molar-refractivity contribution is 1.17. The molecule has 0 spiro atoms. The fraction of sp³-hybridized carbons (Fsp3) is 0.133. The SMILES string of the molecule is Cc1ccsc1CNc1ccnc2c(N)cccc12. The number of nitrogen functional groups attached to an aromatic ring is 1. The van der Waals surface area contributed by atoms with Gasteiger partial charge < -0.3 is 11.1 Å². The van der Waals surface area contributed by atoms with Crippen LogP contribution in [0.25, 0.3) is 10.9 Å². The van der Waals surface area contributed by atoms with Crippen molar-refractivity contribution < 1.29 is 0 Å². The van der Waals surface area contributed by atoms with E-state index in [9.17, 15) is 0 Å². The number of anilines is 2. The minimum absolute atomic E-state index is 0.716. The number of aromatic nitrogens is 1. The van der Waals surface area contributed by atoms with Gasteiger partial charge in [0.2, 0.25) is 0 Å². The number of aryl methyl sites for hydroxylation is 1. The van der Waals surface area contributed by atoms with Crippen LogP contribution in [-0.2, 0) is 6.54 Å². The predicted molar refractivity (Wildman–Crippen MR) is 82.5 cm³/mol. The summed E-state index contributed by atoms with van der Waals surface area (Å²) in [5, 5.41) is 6.66. The standard InChI is InChI=1S/C15H15N3S/c1-10-6-8-19-14(10)9-18-13-5-7-17-15-11(13)3-2-4-12(15)16/h2-8H,9,16H2,1H3,(H,17,18). The summed E-state index contributed by atoms with van der Waals surface area (Å²) in [7, 11) is 0. The smallest absolute Gasteiger partial charge is 0.0951 e. The number of rotatable bonds is 3. The molecule has 2 heterocycles. The molecule has 3 N–H and O–H groups in total. The van der Waals surface area contributed by atoms with Crippen LogP contribution < -0.4 is 11.1 Å². The fourth-order valence-corrected chi connectivity index (χ4v) is 2.96. The molecule has 0 aliphatic carbocycles. The van der Waals surface area contributed by atoms with Crippen LogP contribution in [0.2, 0.25) is 0 Å². The molecule has 3 nitrogen and oxygen atoms in total. The number of nitrogens with one attached hydrogen (secondary N) is 1. The van der Waals surface area contributed by atoms with E-state index >= 15 is 0 Å². The van der Waals surface area contributed by atoms with Crippen LogP contribution in [-0.4, -0.2) is 4.98 Å². The molecule has 96 valence electrons. The Morgan fingerprint density at radius 1 is 1.26 bits per heavy atom. The lowest BCUT2D eigenvalue weighted by Gasteiger charge is -2.10. The summed E-state index contributed by atoms with van der Waals surface area (Å²) in [6.07, 6.45) is 1.79. The van der Waals surface area contributed by atoms with E-state index in [2.05, 4.69) is 28.7 Å². The maximum absolute atomic E-state index is 5.95. The van der Waals surface area contributed by atoms with Crippen LogP contribution in [0.4, 0.5) is 11.4 Å². The Hall–Kier alpha value is -2.07. The molecule has 0 unspecified atom stereocenters. The molecule has 19 heavy (non-hydrogen) atoms. The van der Waals surface area contributed by atoms with Gasteiger partial charge in [-0.25, -0.2) is 0 Å². The molecule has 0 saturated heterocycles. The molecule has 0 amide bonds. The number of nitrogens with zero attached hydrogens (tertiary/aromatic N) is 1. The number of benzene rings is 1. The quantitative estimate of drug-likeness (QED) is 0.711. The fourth-order valence-electron chi connectivity index (χ4n) is 2.11. The van der Waals surface area contributed by atoms with Crippen LogP contribution in [0, 0.1) is 6.92 Å². The van der Waals surface area contributed by atoms with E-state index in [1.807, 2.05) is 24.3 Å². The van der Waals surface area contributed by atoms with E-state index in [1.54, 1.807) is 17.5 Å². The minimum Gasteiger partial charge on any atom is -0.397 e. The van der Waals surface area contributed by atoms with Crippen molar-refractivity contribution in [3.63, 3.8) is 0 Å². The molecular weight excluding hydrogens is 254 g/mol. The van der Waals surface area contributed by atoms with Gasteiger partial charge in [0.25, 0.3) is 0 Å². The highest BCUT2D eigenvalue weighted by molar-refractivity contribution is 7.10. The van der Waals surface area contributed by atoms with E-state index in [4.69, 9.17) is 5.73 Å². The average molecular weight is 269 g/mol. The Kier molecular flexibility index (Phi) is 3.09. The van der Waals surface area contributed by atoms with Crippen molar-refractivity contribution in [2.75, 3.05) is 11.1 Å². The third-order valence-corrected chi connectivity index (χ3v) is 4.23. The first-order chi connectivity index (χ1) is 9.25. The first-order valence-electron chi connectivity index (χ1n) is 6.16. The Bertz CT molecular complexity index is 718. The highest BCUT2D eigenvalue weighted by atomic mass is 32.1. The summed E-state index contributed by atoms with van der Waals surface area (Å²) in [4.78, 5) is 5.70. The van der Waals surface area contributed by atoms with Gasteiger partial charge in [-0.3, -0.25) is 4.98 Å². The zero-order valence-corrected chi connectivity index (χ0v) is 11.5. The maximum atomic E-state index is 5.95. The number of thiophene rings is 1. The van der Waals surface area contributed by atoms with Gasteiger partial charge in [-0.2, -0.15) is 0 Å². The molecule has 4 heteroatoms. The number of fused-ring (bicyclic) bond motifs is 1. The zero-order chi connectivity index (χ0) is 13.2. The first-order valence-corrected chi connectivity index (χ1v) is 7.04. The van der Waals surface area contributed by atoms with E-state index in [-0.39, 0.29) is 0 Å². The van der Waals surface area contributed by atoms with Crippen LogP contribution in [0.3, 0.4) is 0 Å². The van der Waals surface area contributed by atoms with Crippen molar-refractivity contribution in [1.29, 1.82) is 0 Å². The molecule has 3 rings (SSSR count). The summed E-state index contributed by atoms with van der Waals surface area (Å²) in [5.74, 6) is 0. The highest BCUT2D eigenvalue weighted by Crippen LogP contribution is 2.26. The molecule has 1 aromatic carbocycles. The second kappa shape index (κ2) is 4.90. The summed E-state index contributed by atoms with van der Waals surface area (Å²) < 4.78 is 0. The predicted octanol–water partition coefficient (Wildman–Crippen LogP) is 3.80. The lowest BCUT2D eigenvalue weighted by atomic mass is 10.1. The van der Waals surface area contributed by atoms with Gasteiger partial charge in [0.15, 0.2) is 0 Å². The van der Waals surface area contributed by atoms with Gasteiger partial charge in [0, 0.05) is 28.7 Å². The van der Waals surface area contributed by atoms with Crippen LogP contribution in [0.1, 0.15) is 10.4 Å². The Morgan fingerprint density at radius 2 is 2.16 bits per heavy atom. The Morgan fingerprint density at radius 3 is 2.95 bits per heavy atom. The number of hydrogen-bond acceptors (Lipinski definition) is 4. The van der Waals surface area contributed by atoms with E-state index in [1.165, 1.54) is 10.4 Å². The number of hydrogen-bond donors (Lipinski definition) is 2. The van der Waals surface area contributed by atoms with Crippen molar-refractivity contribution >= 4 is 33.6 Å². The Balaban J connectivity index is 1.93. The van der Waals surface area contributed by atoms with Gasteiger partial charge in [0.05, 0.1) is 11.2 Å². The summed E-state index contributed by atoms with van der Waals surface area (Å²) in [6.45, 7) is 2.97.